The standard InChI is InChI=1S/C17H20O5/c1-21-15-9-13-10(6-11(17(19)20)7-14(13)18)8-16(15)22-12-4-2-3-5-12/h8-9,11-12H,2-7H2,1H3,(H,19,20). The first-order chi connectivity index (χ1) is 10.6. The van der Waals surface area contributed by atoms with Gasteiger partial charge in [0, 0.05) is 12.0 Å². The van der Waals surface area contributed by atoms with Gasteiger partial charge in [-0.15, -0.1) is 0 Å². The van der Waals surface area contributed by atoms with Crippen molar-refractivity contribution >= 4 is 11.8 Å². The third-order valence-electron chi connectivity index (χ3n) is 4.53. The van der Waals surface area contributed by atoms with Crippen LogP contribution in [0, 0.1) is 5.92 Å². The third kappa shape index (κ3) is 2.80. The predicted octanol–water partition coefficient (Wildman–Crippen LogP) is 2.85. The van der Waals surface area contributed by atoms with E-state index in [0.29, 0.717) is 23.5 Å². The monoisotopic (exact) mass is 304 g/mol. The van der Waals surface area contributed by atoms with Gasteiger partial charge in [0.1, 0.15) is 0 Å². The molecule has 0 radical (unpaired) electrons. The van der Waals surface area contributed by atoms with Crippen molar-refractivity contribution in [3.8, 4) is 11.5 Å². The molecule has 1 aromatic carbocycles. The summed E-state index contributed by atoms with van der Waals surface area (Å²) < 4.78 is 11.4. The number of carbonyl (C=O) groups is 2. The fourth-order valence-corrected chi connectivity index (χ4v) is 3.31. The number of carboxylic acid groups (broad SMARTS) is 1. The molecule has 0 bridgehead atoms. The zero-order valence-corrected chi connectivity index (χ0v) is 12.6. The molecule has 0 heterocycles. The van der Waals surface area contributed by atoms with Gasteiger partial charge in [0.25, 0.3) is 0 Å². The Morgan fingerprint density at radius 3 is 2.55 bits per heavy atom. The van der Waals surface area contributed by atoms with E-state index in [2.05, 4.69) is 0 Å². The molecule has 1 saturated carbocycles. The first-order valence-electron chi connectivity index (χ1n) is 7.72. The van der Waals surface area contributed by atoms with Crippen molar-refractivity contribution in [2.45, 2.75) is 44.6 Å². The third-order valence-corrected chi connectivity index (χ3v) is 4.53. The van der Waals surface area contributed by atoms with Gasteiger partial charge in [-0.1, -0.05) is 0 Å². The summed E-state index contributed by atoms with van der Waals surface area (Å²) >= 11 is 0. The van der Waals surface area contributed by atoms with E-state index >= 15 is 0 Å². The van der Waals surface area contributed by atoms with Gasteiger partial charge in [0.2, 0.25) is 0 Å². The molecule has 5 nitrogen and oxygen atoms in total. The summed E-state index contributed by atoms with van der Waals surface area (Å²) in [6, 6.07) is 3.49. The van der Waals surface area contributed by atoms with E-state index in [1.165, 1.54) is 0 Å². The van der Waals surface area contributed by atoms with E-state index in [1.807, 2.05) is 0 Å². The van der Waals surface area contributed by atoms with Crippen molar-refractivity contribution in [3.05, 3.63) is 23.3 Å². The second kappa shape index (κ2) is 5.99. The van der Waals surface area contributed by atoms with Crippen molar-refractivity contribution in [1.82, 2.24) is 0 Å². The molecule has 1 unspecified atom stereocenters. The Labute approximate surface area is 129 Å². The number of rotatable bonds is 4. The molecule has 5 heteroatoms. The SMILES string of the molecule is COc1cc2c(cc1OC1CCCC1)CC(C(=O)O)CC2=O. The highest BCUT2D eigenvalue weighted by molar-refractivity contribution is 6.01. The zero-order valence-electron chi connectivity index (χ0n) is 12.6. The lowest BCUT2D eigenvalue weighted by molar-refractivity contribution is -0.141. The van der Waals surface area contributed by atoms with Crippen LogP contribution >= 0.6 is 0 Å². The average molecular weight is 304 g/mol. The highest BCUT2D eigenvalue weighted by Gasteiger charge is 2.31. The van der Waals surface area contributed by atoms with E-state index in [0.717, 1.165) is 31.2 Å². The normalized spacial score (nSPS) is 21.5. The number of ether oxygens (including phenoxy) is 2. The molecule has 0 amide bonds. The number of Topliss-reactive ketones (excluding diaryl/α,β-unsaturated/α-hetero) is 1. The van der Waals surface area contributed by atoms with Crippen LogP contribution in [0.2, 0.25) is 0 Å². The number of carbonyl (C=O) groups excluding carboxylic acids is 1. The Balaban J connectivity index is 1.92. The number of ketones is 1. The quantitative estimate of drug-likeness (QED) is 0.926. The minimum Gasteiger partial charge on any atom is -0.493 e. The van der Waals surface area contributed by atoms with Crippen LogP contribution in [0.15, 0.2) is 12.1 Å². The Hall–Kier alpha value is -2.04. The molecular formula is C17H20O5. The van der Waals surface area contributed by atoms with E-state index < -0.39 is 11.9 Å². The van der Waals surface area contributed by atoms with Crippen molar-refractivity contribution < 1.29 is 24.2 Å². The predicted molar refractivity (Wildman–Crippen MR) is 79.7 cm³/mol. The molecule has 1 aromatic rings. The Morgan fingerprint density at radius 2 is 1.91 bits per heavy atom. The van der Waals surface area contributed by atoms with Gasteiger partial charge >= 0.3 is 5.97 Å². The van der Waals surface area contributed by atoms with E-state index in [-0.39, 0.29) is 18.3 Å². The molecular weight excluding hydrogens is 284 g/mol. The van der Waals surface area contributed by atoms with Crippen LogP contribution in [0.25, 0.3) is 0 Å². The number of carboxylic acids is 1. The second-order valence-corrected chi connectivity index (χ2v) is 6.05. The Morgan fingerprint density at radius 1 is 1.18 bits per heavy atom. The lowest BCUT2D eigenvalue weighted by Gasteiger charge is -2.23. The number of fused-ring (bicyclic) bond motifs is 1. The summed E-state index contributed by atoms with van der Waals surface area (Å²) in [5, 5.41) is 9.17. The maximum Gasteiger partial charge on any atom is 0.307 e. The number of hydrogen-bond donors (Lipinski definition) is 1. The van der Waals surface area contributed by atoms with Crippen LogP contribution in [0.3, 0.4) is 0 Å². The van der Waals surface area contributed by atoms with Gasteiger partial charge < -0.3 is 14.6 Å². The molecule has 0 spiro atoms. The van der Waals surface area contributed by atoms with Gasteiger partial charge in [0.05, 0.1) is 19.1 Å². The highest BCUT2D eigenvalue weighted by atomic mass is 16.5. The van der Waals surface area contributed by atoms with Gasteiger partial charge in [-0.25, -0.2) is 0 Å². The molecule has 3 rings (SSSR count). The van der Waals surface area contributed by atoms with Gasteiger partial charge in [-0.3, -0.25) is 9.59 Å². The van der Waals surface area contributed by atoms with Gasteiger partial charge in [0.15, 0.2) is 17.3 Å². The summed E-state index contributed by atoms with van der Waals surface area (Å²) in [6.07, 6.45) is 4.97. The highest BCUT2D eigenvalue weighted by Crippen LogP contribution is 2.37. The lowest BCUT2D eigenvalue weighted by atomic mass is 9.83. The first kappa shape index (κ1) is 14.9. The molecule has 0 aromatic heterocycles. The van der Waals surface area contributed by atoms with Crippen LogP contribution < -0.4 is 9.47 Å². The molecule has 1 fully saturated rings. The minimum absolute atomic E-state index is 0.0499. The van der Waals surface area contributed by atoms with E-state index in [1.54, 1.807) is 19.2 Å². The van der Waals surface area contributed by atoms with Crippen molar-refractivity contribution in [3.63, 3.8) is 0 Å². The Bertz CT molecular complexity index is 601. The fourth-order valence-electron chi connectivity index (χ4n) is 3.31. The maximum absolute atomic E-state index is 12.2. The molecule has 0 aliphatic heterocycles. The molecule has 118 valence electrons. The lowest BCUT2D eigenvalue weighted by Crippen LogP contribution is -2.26. The second-order valence-electron chi connectivity index (χ2n) is 6.05. The summed E-state index contributed by atoms with van der Waals surface area (Å²) in [5.74, 6) is -0.542. The zero-order chi connectivity index (χ0) is 15.7. The smallest absolute Gasteiger partial charge is 0.307 e. The van der Waals surface area contributed by atoms with Crippen LogP contribution in [-0.2, 0) is 11.2 Å². The molecule has 0 saturated heterocycles. The molecule has 2 aliphatic rings. The first-order valence-corrected chi connectivity index (χ1v) is 7.72. The van der Waals surface area contributed by atoms with E-state index in [4.69, 9.17) is 9.47 Å². The number of methoxy groups -OCH3 is 1. The largest absolute Gasteiger partial charge is 0.493 e. The molecule has 1 N–H and O–H groups in total. The molecule has 22 heavy (non-hydrogen) atoms. The van der Waals surface area contributed by atoms with Crippen molar-refractivity contribution in [2.75, 3.05) is 7.11 Å². The Kier molecular flexibility index (Phi) is 4.05. The maximum atomic E-state index is 12.2. The summed E-state index contributed by atoms with van der Waals surface area (Å²) in [6.45, 7) is 0. The number of aliphatic carboxylic acids is 1. The van der Waals surface area contributed by atoms with Crippen LogP contribution in [-0.4, -0.2) is 30.1 Å². The molecule has 1 atom stereocenters. The summed E-state index contributed by atoms with van der Waals surface area (Å²) in [4.78, 5) is 23.4. The minimum atomic E-state index is -0.923. The molecule has 2 aliphatic carbocycles. The van der Waals surface area contributed by atoms with Gasteiger partial charge in [-0.05, 0) is 49.8 Å². The van der Waals surface area contributed by atoms with Gasteiger partial charge in [-0.2, -0.15) is 0 Å². The topological polar surface area (TPSA) is 72.8 Å². The van der Waals surface area contributed by atoms with Crippen molar-refractivity contribution in [1.29, 1.82) is 0 Å². The average Bonchev–Trinajstić information content (AvgIpc) is 2.99. The fraction of sp³-hybridized carbons (Fsp3) is 0.529. The van der Waals surface area contributed by atoms with E-state index in [9.17, 15) is 14.7 Å². The number of hydrogen-bond acceptors (Lipinski definition) is 4. The number of benzene rings is 1. The van der Waals surface area contributed by atoms with Crippen LogP contribution in [0.4, 0.5) is 0 Å². The summed E-state index contributed by atoms with van der Waals surface area (Å²) in [5.41, 5.74) is 1.31. The van der Waals surface area contributed by atoms with Crippen LogP contribution in [0.1, 0.15) is 48.0 Å². The van der Waals surface area contributed by atoms with Crippen molar-refractivity contribution in [2.24, 2.45) is 5.92 Å². The summed E-state index contributed by atoms with van der Waals surface area (Å²) in [7, 11) is 1.55. The van der Waals surface area contributed by atoms with Crippen LogP contribution in [0.5, 0.6) is 11.5 Å².